The van der Waals surface area contributed by atoms with Gasteiger partial charge in [-0.1, -0.05) is 25.6 Å². The van der Waals surface area contributed by atoms with Crippen LogP contribution in [0.25, 0.3) is 0 Å². The van der Waals surface area contributed by atoms with Crippen molar-refractivity contribution in [2.45, 2.75) is 57.7 Å². The van der Waals surface area contributed by atoms with E-state index in [1.807, 2.05) is 11.8 Å². The van der Waals surface area contributed by atoms with Gasteiger partial charge in [-0.2, -0.15) is 0 Å². The number of aliphatic imine (C=N–C) groups is 1. The van der Waals surface area contributed by atoms with Gasteiger partial charge >= 0.3 is 0 Å². The molecule has 1 aliphatic carbocycles. The van der Waals surface area contributed by atoms with E-state index in [4.69, 9.17) is 14.5 Å². The number of ether oxygens (including phenoxy) is 2. The quantitative estimate of drug-likeness (QED) is 0.869. The topological polar surface area (TPSA) is 42.8 Å². The molecule has 0 amide bonds. The third-order valence-corrected chi connectivity index (χ3v) is 6.25. The first kappa shape index (κ1) is 14.7. The van der Waals surface area contributed by atoms with E-state index in [2.05, 4.69) is 26.1 Å². The highest BCUT2D eigenvalue weighted by Crippen LogP contribution is 2.45. The van der Waals surface area contributed by atoms with Crippen LogP contribution in [0.3, 0.4) is 0 Å². The first-order chi connectivity index (χ1) is 9.56. The second kappa shape index (κ2) is 5.50. The summed E-state index contributed by atoms with van der Waals surface area (Å²) in [6.07, 6.45) is 3.64. The Balaban J connectivity index is 1.61. The Bertz CT molecular complexity index is 391. The predicted molar refractivity (Wildman–Crippen MR) is 83.4 cm³/mol. The van der Waals surface area contributed by atoms with Crippen LogP contribution < -0.4 is 5.32 Å². The monoisotopic (exact) mass is 298 g/mol. The van der Waals surface area contributed by atoms with Crippen molar-refractivity contribution in [3.8, 4) is 0 Å². The van der Waals surface area contributed by atoms with Gasteiger partial charge in [-0.25, -0.2) is 0 Å². The predicted octanol–water partition coefficient (Wildman–Crippen LogP) is 2.43. The fraction of sp³-hybridized carbons (Fsp3) is 0.933. The van der Waals surface area contributed by atoms with Crippen LogP contribution in [-0.2, 0) is 9.47 Å². The molecule has 0 radical (unpaired) electrons. The summed E-state index contributed by atoms with van der Waals surface area (Å²) in [6, 6.07) is 0.393. The lowest BCUT2D eigenvalue weighted by atomic mass is 9.65. The fourth-order valence-electron chi connectivity index (χ4n) is 3.32. The molecule has 20 heavy (non-hydrogen) atoms. The molecule has 2 aliphatic heterocycles. The summed E-state index contributed by atoms with van der Waals surface area (Å²) in [6.45, 7) is 9.17. The molecule has 114 valence electrons. The first-order valence-corrected chi connectivity index (χ1v) is 8.72. The van der Waals surface area contributed by atoms with E-state index >= 15 is 0 Å². The van der Waals surface area contributed by atoms with Crippen molar-refractivity contribution in [2.75, 3.05) is 25.6 Å². The third-order valence-electron chi connectivity index (χ3n) is 5.07. The van der Waals surface area contributed by atoms with Crippen molar-refractivity contribution in [3.05, 3.63) is 0 Å². The highest BCUT2D eigenvalue weighted by molar-refractivity contribution is 8.14. The van der Waals surface area contributed by atoms with Gasteiger partial charge in [-0.05, 0) is 26.2 Å². The standard InChI is InChI=1S/C15H26N2O2S/c1-4-19-12-9-11(14(12,2)3)16-13-17-15(10-20-13)5-7-18-8-6-15/h11-12H,4-10H2,1-3H3,(H,16,17). The van der Waals surface area contributed by atoms with Crippen molar-refractivity contribution < 1.29 is 9.47 Å². The van der Waals surface area contributed by atoms with E-state index in [1.54, 1.807) is 0 Å². The number of rotatable bonds is 3. The van der Waals surface area contributed by atoms with Gasteiger partial charge in [-0.15, -0.1) is 0 Å². The maximum absolute atomic E-state index is 5.78. The largest absolute Gasteiger partial charge is 0.381 e. The van der Waals surface area contributed by atoms with Gasteiger partial charge in [0.2, 0.25) is 0 Å². The molecule has 1 saturated carbocycles. The average Bonchev–Trinajstić information content (AvgIpc) is 2.81. The SMILES string of the molecule is CCOC1CC(N=C2NC3(CCOCC3)CS2)C1(C)C. The van der Waals surface area contributed by atoms with Crippen molar-refractivity contribution in [1.82, 2.24) is 5.32 Å². The van der Waals surface area contributed by atoms with E-state index in [0.29, 0.717) is 12.1 Å². The van der Waals surface area contributed by atoms with Crippen molar-refractivity contribution in [2.24, 2.45) is 10.4 Å². The molecule has 2 atom stereocenters. The highest BCUT2D eigenvalue weighted by Gasteiger charge is 2.50. The lowest BCUT2D eigenvalue weighted by Gasteiger charge is -2.49. The summed E-state index contributed by atoms with van der Waals surface area (Å²) in [5, 5.41) is 4.82. The van der Waals surface area contributed by atoms with Gasteiger partial charge in [-0.3, -0.25) is 4.99 Å². The first-order valence-electron chi connectivity index (χ1n) is 7.74. The molecular weight excluding hydrogens is 272 g/mol. The molecule has 0 aromatic rings. The van der Waals surface area contributed by atoms with Crippen LogP contribution in [0.4, 0.5) is 0 Å². The molecule has 3 rings (SSSR count). The maximum Gasteiger partial charge on any atom is 0.157 e. The Morgan fingerprint density at radius 2 is 2.15 bits per heavy atom. The normalized spacial score (nSPS) is 36.9. The van der Waals surface area contributed by atoms with Crippen LogP contribution in [0, 0.1) is 5.41 Å². The zero-order valence-corrected chi connectivity index (χ0v) is 13.6. The summed E-state index contributed by atoms with van der Waals surface area (Å²) >= 11 is 1.88. The van der Waals surface area contributed by atoms with Crippen LogP contribution in [-0.4, -0.2) is 48.4 Å². The van der Waals surface area contributed by atoms with Crippen molar-refractivity contribution in [1.29, 1.82) is 0 Å². The van der Waals surface area contributed by atoms with Gasteiger partial charge in [0.25, 0.3) is 0 Å². The number of hydrogen-bond donors (Lipinski definition) is 1. The fourth-order valence-corrected chi connectivity index (χ4v) is 4.58. The average molecular weight is 298 g/mol. The molecule has 3 fully saturated rings. The maximum atomic E-state index is 5.78. The van der Waals surface area contributed by atoms with E-state index < -0.39 is 0 Å². The molecule has 0 bridgehead atoms. The number of amidine groups is 1. The Labute approximate surface area is 126 Å². The van der Waals surface area contributed by atoms with E-state index in [9.17, 15) is 0 Å². The van der Waals surface area contributed by atoms with Crippen LogP contribution in [0.15, 0.2) is 4.99 Å². The van der Waals surface area contributed by atoms with Crippen LogP contribution in [0.2, 0.25) is 0 Å². The zero-order chi connectivity index (χ0) is 14.2. The number of nitrogens with zero attached hydrogens (tertiary/aromatic N) is 1. The number of hydrogen-bond acceptors (Lipinski definition) is 4. The number of thioether (sulfide) groups is 1. The molecule has 0 aromatic heterocycles. The smallest absolute Gasteiger partial charge is 0.157 e. The zero-order valence-electron chi connectivity index (χ0n) is 12.8. The second-order valence-corrected chi connectivity index (χ2v) is 7.72. The van der Waals surface area contributed by atoms with E-state index in [-0.39, 0.29) is 11.0 Å². The molecule has 3 aliphatic rings. The van der Waals surface area contributed by atoms with Crippen molar-refractivity contribution in [3.63, 3.8) is 0 Å². The summed E-state index contributed by atoms with van der Waals surface area (Å²) in [5.74, 6) is 1.14. The summed E-state index contributed by atoms with van der Waals surface area (Å²) in [7, 11) is 0. The lowest BCUT2D eigenvalue weighted by Crippen LogP contribution is -2.54. The minimum absolute atomic E-state index is 0.163. The minimum Gasteiger partial charge on any atom is -0.381 e. The Hall–Kier alpha value is -0.260. The van der Waals surface area contributed by atoms with Gasteiger partial charge < -0.3 is 14.8 Å². The van der Waals surface area contributed by atoms with Gasteiger partial charge in [0, 0.05) is 31.0 Å². The lowest BCUT2D eigenvalue weighted by molar-refractivity contribution is -0.103. The minimum atomic E-state index is 0.163. The molecular formula is C15H26N2O2S. The number of nitrogens with one attached hydrogen (secondary N) is 1. The van der Waals surface area contributed by atoms with Crippen LogP contribution >= 0.6 is 11.8 Å². The van der Waals surface area contributed by atoms with Crippen LogP contribution in [0.5, 0.6) is 0 Å². The van der Waals surface area contributed by atoms with Gasteiger partial charge in [0.05, 0.1) is 17.7 Å². The van der Waals surface area contributed by atoms with E-state index in [0.717, 1.165) is 50.0 Å². The molecule has 2 saturated heterocycles. The molecule has 5 heteroatoms. The Kier molecular flexibility index (Phi) is 4.04. The molecule has 1 spiro atoms. The Morgan fingerprint density at radius 1 is 1.40 bits per heavy atom. The third kappa shape index (κ3) is 2.60. The molecule has 1 N–H and O–H groups in total. The molecule has 4 nitrogen and oxygen atoms in total. The Morgan fingerprint density at radius 3 is 2.80 bits per heavy atom. The summed E-state index contributed by atoms with van der Waals surface area (Å²) in [4.78, 5) is 4.96. The van der Waals surface area contributed by atoms with Gasteiger partial charge in [0.15, 0.2) is 5.17 Å². The summed E-state index contributed by atoms with van der Waals surface area (Å²) in [5.41, 5.74) is 0.408. The molecule has 2 unspecified atom stereocenters. The molecule has 0 aromatic carbocycles. The second-order valence-electron chi connectivity index (χ2n) is 6.76. The molecule has 2 heterocycles. The van der Waals surface area contributed by atoms with E-state index in [1.165, 1.54) is 0 Å². The van der Waals surface area contributed by atoms with Crippen molar-refractivity contribution >= 4 is 16.9 Å². The highest BCUT2D eigenvalue weighted by atomic mass is 32.2. The van der Waals surface area contributed by atoms with Crippen LogP contribution in [0.1, 0.15) is 40.0 Å². The van der Waals surface area contributed by atoms with Gasteiger partial charge in [0.1, 0.15) is 0 Å². The summed E-state index contributed by atoms with van der Waals surface area (Å²) < 4.78 is 11.3.